The molecule has 0 bridgehead atoms. The Balaban J connectivity index is 2.14. The Morgan fingerprint density at radius 2 is 2.10 bits per heavy atom. The lowest BCUT2D eigenvalue weighted by atomic mass is 10.2. The van der Waals surface area contributed by atoms with E-state index in [-0.39, 0.29) is 24.4 Å². The fourth-order valence-electron chi connectivity index (χ4n) is 2.00. The number of fused-ring (bicyclic) bond motifs is 1. The molecule has 2 rings (SSSR count). The largest absolute Gasteiger partial charge is 0.383 e. The van der Waals surface area contributed by atoms with Crippen molar-refractivity contribution in [2.45, 2.75) is 13.0 Å². The van der Waals surface area contributed by atoms with E-state index in [4.69, 9.17) is 4.74 Å². The van der Waals surface area contributed by atoms with Crippen LogP contribution in [0.5, 0.6) is 0 Å². The van der Waals surface area contributed by atoms with Gasteiger partial charge in [0.2, 0.25) is 5.91 Å². The van der Waals surface area contributed by atoms with Gasteiger partial charge in [0.25, 0.3) is 5.56 Å². The topological polar surface area (TPSA) is 93.2 Å². The average molecular weight is 291 g/mol. The zero-order valence-corrected chi connectivity index (χ0v) is 11.7. The Labute approximate surface area is 120 Å². The van der Waals surface area contributed by atoms with Crippen molar-refractivity contribution in [1.29, 1.82) is 0 Å². The van der Waals surface area contributed by atoms with Crippen molar-refractivity contribution < 1.29 is 9.53 Å². The minimum absolute atomic E-state index is 0.0395. The lowest BCUT2D eigenvalue weighted by Crippen LogP contribution is -2.37. The normalized spacial score (nSPS) is 10.7. The standard InChI is InChI=1S/C14H17N3O4/c1-21-9-7-15-12(18)6-8-17-13(19)10-4-2-3-5-11(10)16-14(17)20/h2-5H,6-9H2,1H3,(H,15,18)(H,16,20). The SMILES string of the molecule is COCCNC(=O)CCn1c(=O)[nH]c2ccccc2c1=O. The smallest absolute Gasteiger partial charge is 0.328 e. The molecule has 7 nitrogen and oxygen atoms in total. The number of hydrogen-bond donors (Lipinski definition) is 2. The maximum Gasteiger partial charge on any atom is 0.328 e. The van der Waals surface area contributed by atoms with Crippen molar-refractivity contribution >= 4 is 16.8 Å². The molecular formula is C14H17N3O4. The Hall–Kier alpha value is -2.41. The van der Waals surface area contributed by atoms with Crippen LogP contribution in [0.3, 0.4) is 0 Å². The second-order valence-electron chi connectivity index (χ2n) is 4.53. The van der Waals surface area contributed by atoms with Crippen LogP contribution >= 0.6 is 0 Å². The molecule has 7 heteroatoms. The van der Waals surface area contributed by atoms with Crippen LogP contribution in [0.1, 0.15) is 6.42 Å². The molecule has 0 atom stereocenters. The van der Waals surface area contributed by atoms with Crippen LogP contribution in [-0.4, -0.2) is 35.7 Å². The number of ether oxygens (including phenoxy) is 1. The molecule has 2 aromatic rings. The Morgan fingerprint density at radius 3 is 2.86 bits per heavy atom. The van der Waals surface area contributed by atoms with Crippen molar-refractivity contribution in [2.75, 3.05) is 20.3 Å². The van der Waals surface area contributed by atoms with Crippen LogP contribution in [0.2, 0.25) is 0 Å². The molecule has 0 radical (unpaired) electrons. The number of amides is 1. The minimum Gasteiger partial charge on any atom is -0.383 e. The maximum absolute atomic E-state index is 12.2. The van der Waals surface area contributed by atoms with Crippen LogP contribution < -0.4 is 16.6 Å². The zero-order valence-electron chi connectivity index (χ0n) is 11.7. The van der Waals surface area contributed by atoms with E-state index in [0.717, 1.165) is 4.57 Å². The number of aromatic amines is 1. The number of rotatable bonds is 6. The second-order valence-corrected chi connectivity index (χ2v) is 4.53. The van der Waals surface area contributed by atoms with E-state index in [2.05, 4.69) is 10.3 Å². The van der Waals surface area contributed by atoms with Gasteiger partial charge in [0.05, 0.1) is 17.5 Å². The van der Waals surface area contributed by atoms with E-state index in [1.54, 1.807) is 31.4 Å². The summed E-state index contributed by atoms with van der Waals surface area (Å²) in [4.78, 5) is 38.3. The number of nitrogens with one attached hydrogen (secondary N) is 2. The second kappa shape index (κ2) is 6.85. The van der Waals surface area contributed by atoms with Crippen LogP contribution in [0, 0.1) is 0 Å². The predicted molar refractivity (Wildman–Crippen MR) is 78.3 cm³/mol. The molecule has 0 aliphatic rings. The number of benzene rings is 1. The van der Waals surface area contributed by atoms with Gasteiger partial charge in [-0.05, 0) is 12.1 Å². The molecule has 1 aromatic carbocycles. The van der Waals surface area contributed by atoms with Crippen molar-refractivity contribution in [3.8, 4) is 0 Å². The van der Waals surface area contributed by atoms with Crippen LogP contribution in [0.4, 0.5) is 0 Å². The molecule has 2 N–H and O–H groups in total. The fraction of sp³-hybridized carbons (Fsp3) is 0.357. The van der Waals surface area contributed by atoms with E-state index in [1.165, 1.54) is 0 Å². The summed E-state index contributed by atoms with van der Waals surface area (Å²) in [6.45, 7) is 0.859. The molecule has 0 aliphatic carbocycles. The van der Waals surface area contributed by atoms with Gasteiger partial charge in [-0.2, -0.15) is 0 Å². The lowest BCUT2D eigenvalue weighted by Gasteiger charge is -2.07. The Bertz CT molecular complexity index is 748. The monoisotopic (exact) mass is 291 g/mol. The van der Waals surface area contributed by atoms with E-state index < -0.39 is 5.69 Å². The van der Waals surface area contributed by atoms with Gasteiger partial charge in [0.15, 0.2) is 0 Å². The van der Waals surface area contributed by atoms with Gasteiger partial charge in [0.1, 0.15) is 0 Å². The number of H-pyrrole nitrogens is 1. The Morgan fingerprint density at radius 1 is 1.33 bits per heavy atom. The molecule has 0 unspecified atom stereocenters. The molecule has 0 spiro atoms. The summed E-state index contributed by atoms with van der Waals surface area (Å²) in [6.07, 6.45) is 0.0606. The summed E-state index contributed by atoms with van der Waals surface area (Å²) in [5.41, 5.74) is -0.407. The van der Waals surface area contributed by atoms with Gasteiger partial charge < -0.3 is 15.0 Å². The van der Waals surface area contributed by atoms with Crippen LogP contribution in [-0.2, 0) is 16.1 Å². The summed E-state index contributed by atoms with van der Waals surface area (Å²) >= 11 is 0. The molecule has 0 aliphatic heterocycles. The van der Waals surface area contributed by atoms with Crippen LogP contribution in [0.25, 0.3) is 10.9 Å². The van der Waals surface area contributed by atoms with Crippen molar-refractivity contribution in [1.82, 2.24) is 14.9 Å². The summed E-state index contributed by atoms with van der Waals surface area (Å²) in [7, 11) is 1.54. The van der Waals surface area contributed by atoms with E-state index >= 15 is 0 Å². The maximum atomic E-state index is 12.2. The minimum atomic E-state index is -0.511. The first-order valence-electron chi connectivity index (χ1n) is 6.61. The van der Waals surface area contributed by atoms with Gasteiger partial charge in [-0.1, -0.05) is 12.1 Å². The lowest BCUT2D eigenvalue weighted by molar-refractivity contribution is -0.121. The third-order valence-electron chi connectivity index (χ3n) is 3.08. The number of para-hydroxylation sites is 1. The molecular weight excluding hydrogens is 274 g/mol. The fourth-order valence-corrected chi connectivity index (χ4v) is 2.00. The average Bonchev–Trinajstić information content (AvgIpc) is 2.47. The first kappa shape index (κ1) is 15.0. The quantitative estimate of drug-likeness (QED) is 0.723. The first-order valence-corrected chi connectivity index (χ1v) is 6.61. The number of methoxy groups -OCH3 is 1. The number of nitrogens with zero attached hydrogens (tertiary/aromatic N) is 1. The molecule has 21 heavy (non-hydrogen) atoms. The summed E-state index contributed by atoms with van der Waals surface area (Å²) in [5.74, 6) is -0.230. The molecule has 1 amide bonds. The molecule has 0 saturated carbocycles. The van der Waals surface area contributed by atoms with Crippen molar-refractivity contribution in [3.05, 3.63) is 45.1 Å². The highest BCUT2D eigenvalue weighted by Crippen LogP contribution is 2.02. The number of carbonyl (C=O) groups excluding carboxylic acids is 1. The molecule has 1 aromatic heterocycles. The van der Waals surface area contributed by atoms with E-state index in [1.807, 2.05) is 0 Å². The zero-order chi connectivity index (χ0) is 15.2. The van der Waals surface area contributed by atoms with Gasteiger partial charge in [-0.25, -0.2) is 4.79 Å². The molecule has 0 saturated heterocycles. The molecule has 0 fully saturated rings. The van der Waals surface area contributed by atoms with Gasteiger partial charge in [0, 0.05) is 26.6 Å². The van der Waals surface area contributed by atoms with Crippen molar-refractivity contribution in [2.24, 2.45) is 0 Å². The summed E-state index contributed by atoms with van der Waals surface area (Å²) in [5, 5.41) is 3.07. The van der Waals surface area contributed by atoms with E-state index in [9.17, 15) is 14.4 Å². The number of aromatic nitrogens is 2. The molecule has 112 valence electrons. The number of carbonyl (C=O) groups is 1. The van der Waals surface area contributed by atoms with Gasteiger partial charge in [-0.3, -0.25) is 14.2 Å². The highest BCUT2D eigenvalue weighted by Gasteiger charge is 2.08. The summed E-state index contributed by atoms with van der Waals surface area (Å²) in [6, 6.07) is 6.78. The third kappa shape index (κ3) is 3.57. The van der Waals surface area contributed by atoms with E-state index in [0.29, 0.717) is 24.1 Å². The predicted octanol–water partition coefficient (Wildman–Crippen LogP) is -0.157. The Kier molecular flexibility index (Phi) is 4.89. The summed E-state index contributed by atoms with van der Waals surface area (Å²) < 4.78 is 5.86. The van der Waals surface area contributed by atoms with Gasteiger partial charge >= 0.3 is 5.69 Å². The highest BCUT2D eigenvalue weighted by molar-refractivity contribution is 5.77. The first-order chi connectivity index (χ1) is 10.1. The van der Waals surface area contributed by atoms with Gasteiger partial charge in [-0.15, -0.1) is 0 Å². The van der Waals surface area contributed by atoms with Crippen LogP contribution in [0.15, 0.2) is 33.9 Å². The highest BCUT2D eigenvalue weighted by atomic mass is 16.5. The number of hydrogen-bond acceptors (Lipinski definition) is 4. The van der Waals surface area contributed by atoms with Crippen molar-refractivity contribution in [3.63, 3.8) is 0 Å². The molecule has 1 heterocycles. The third-order valence-corrected chi connectivity index (χ3v) is 3.08.